The number of carbonyl (C=O) groups is 2. The maximum absolute atomic E-state index is 14.2. The third kappa shape index (κ3) is 6.34. The van der Waals surface area contributed by atoms with Crippen molar-refractivity contribution in [2.75, 3.05) is 20.8 Å². The summed E-state index contributed by atoms with van der Waals surface area (Å²) in [5, 5.41) is 5.08. The van der Waals surface area contributed by atoms with Crippen LogP contribution in [0.2, 0.25) is 0 Å². The highest BCUT2D eigenvalue weighted by atomic mass is 35.5. The van der Waals surface area contributed by atoms with Crippen molar-refractivity contribution in [1.29, 1.82) is 0 Å². The van der Waals surface area contributed by atoms with Crippen LogP contribution in [0.25, 0.3) is 0 Å². The minimum Gasteiger partial charge on any atom is -0.493 e. The summed E-state index contributed by atoms with van der Waals surface area (Å²) in [5.41, 5.74) is 5.95. The predicted octanol–water partition coefficient (Wildman–Crippen LogP) is 1.54. The molecule has 1 unspecified atom stereocenters. The Bertz CT molecular complexity index is 628. The van der Waals surface area contributed by atoms with Gasteiger partial charge in [-0.2, -0.15) is 0 Å². The molecule has 1 rings (SSSR count). The summed E-state index contributed by atoms with van der Waals surface area (Å²) >= 11 is 0. The van der Waals surface area contributed by atoms with Crippen LogP contribution in [0.4, 0.5) is 4.39 Å². The van der Waals surface area contributed by atoms with E-state index in [4.69, 9.17) is 15.2 Å². The van der Waals surface area contributed by atoms with Gasteiger partial charge in [-0.15, -0.1) is 12.4 Å². The number of benzene rings is 1. The minimum atomic E-state index is -0.687. The molecule has 0 heterocycles. The van der Waals surface area contributed by atoms with Crippen LogP contribution in [0.5, 0.6) is 11.5 Å². The van der Waals surface area contributed by atoms with Crippen LogP contribution in [-0.4, -0.2) is 38.6 Å². The molecular weight excluding hydrogens is 365 g/mol. The van der Waals surface area contributed by atoms with Crippen molar-refractivity contribution >= 4 is 24.2 Å². The first-order valence-electron chi connectivity index (χ1n) is 7.95. The summed E-state index contributed by atoms with van der Waals surface area (Å²) in [6.07, 6.45) is 0. The molecule has 148 valence electrons. The van der Waals surface area contributed by atoms with Gasteiger partial charge in [0.1, 0.15) is 5.82 Å². The summed E-state index contributed by atoms with van der Waals surface area (Å²) in [6.45, 7) is 5.01. The van der Waals surface area contributed by atoms with E-state index in [-0.39, 0.29) is 36.2 Å². The lowest BCUT2D eigenvalue weighted by Gasteiger charge is -2.19. The first-order valence-corrected chi connectivity index (χ1v) is 7.95. The molecule has 1 aromatic rings. The smallest absolute Gasteiger partial charge is 0.239 e. The molecule has 1 aromatic carbocycles. The molecule has 0 bridgehead atoms. The Morgan fingerprint density at radius 2 is 1.69 bits per heavy atom. The van der Waals surface area contributed by atoms with Crippen LogP contribution < -0.4 is 25.8 Å². The summed E-state index contributed by atoms with van der Waals surface area (Å²) in [7, 11) is 2.85. The van der Waals surface area contributed by atoms with Gasteiger partial charge in [-0.3, -0.25) is 9.59 Å². The predicted molar refractivity (Wildman–Crippen MR) is 99.1 cm³/mol. The maximum Gasteiger partial charge on any atom is 0.239 e. The van der Waals surface area contributed by atoms with E-state index < -0.39 is 29.7 Å². The van der Waals surface area contributed by atoms with Crippen molar-refractivity contribution in [3.05, 3.63) is 23.5 Å². The van der Waals surface area contributed by atoms with E-state index in [1.807, 2.05) is 13.8 Å². The lowest BCUT2D eigenvalue weighted by molar-refractivity contribution is -0.127. The van der Waals surface area contributed by atoms with E-state index in [9.17, 15) is 14.0 Å². The van der Waals surface area contributed by atoms with Crippen LogP contribution in [0, 0.1) is 11.7 Å². The average Bonchev–Trinajstić information content (AvgIpc) is 2.58. The second-order valence-corrected chi connectivity index (χ2v) is 6.01. The van der Waals surface area contributed by atoms with Gasteiger partial charge >= 0.3 is 0 Å². The lowest BCUT2D eigenvalue weighted by atomic mass is 10.1. The number of carbonyl (C=O) groups excluding carboxylic acids is 2. The molecule has 4 N–H and O–H groups in total. The summed E-state index contributed by atoms with van der Waals surface area (Å²) in [4.78, 5) is 23.7. The van der Waals surface area contributed by atoms with E-state index >= 15 is 0 Å². The molecule has 0 aliphatic rings. The van der Waals surface area contributed by atoms with Crippen molar-refractivity contribution in [2.24, 2.45) is 11.7 Å². The topological polar surface area (TPSA) is 103 Å². The zero-order chi connectivity index (χ0) is 19.1. The van der Waals surface area contributed by atoms with Crippen molar-refractivity contribution < 1.29 is 23.5 Å². The second-order valence-electron chi connectivity index (χ2n) is 6.01. The van der Waals surface area contributed by atoms with Crippen LogP contribution in [-0.2, 0) is 9.59 Å². The number of hydrogen-bond donors (Lipinski definition) is 3. The maximum atomic E-state index is 14.2. The molecule has 9 heteroatoms. The van der Waals surface area contributed by atoms with E-state index in [1.54, 1.807) is 6.92 Å². The van der Waals surface area contributed by atoms with E-state index in [1.165, 1.54) is 26.4 Å². The Morgan fingerprint density at radius 3 is 2.19 bits per heavy atom. The van der Waals surface area contributed by atoms with Crippen LogP contribution in [0.15, 0.2) is 12.1 Å². The van der Waals surface area contributed by atoms with Crippen molar-refractivity contribution in [1.82, 2.24) is 10.6 Å². The normalized spacial score (nSPS) is 12.6. The number of rotatable bonds is 8. The molecule has 0 spiro atoms. The van der Waals surface area contributed by atoms with E-state index in [0.717, 1.165) is 0 Å². The molecule has 0 saturated heterocycles. The van der Waals surface area contributed by atoms with Gasteiger partial charge in [-0.25, -0.2) is 4.39 Å². The van der Waals surface area contributed by atoms with Gasteiger partial charge in [0.05, 0.1) is 32.8 Å². The Balaban J connectivity index is 0.00000625. The van der Waals surface area contributed by atoms with Gasteiger partial charge in [-0.1, -0.05) is 13.8 Å². The molecule has 2 atom stereocenters. The number of nitrogens with two attached hydrogens (primary N) is 1. The first kappa shape index (κ1) is 23.9. The quantitative estimate of drug-likeness (QED) is 0.623. The number of halogens is 2. The average molecular weight is 392 g/mol. The number of hydrogen-bond acceptors (Lipinski definition) is 5. The molecule has 7 nitrogen and oxygen atoms in total. The number of ether oxygens (including phenoxy) is 2. The zero-order valence-corrected chi connectivity index (χ0v) is 16.4. The molecular formula is C17H27ClFN3O4. The fraction of sp³-hybridized carbons (Fsp3) is 0.529. The lowest BCUT2D eigenvalue weighted by Crippen LogP contribution is -2.47. The van der Waals surface area contributed by atoms with Crippen molar-refractivity contribution in [3.8, 4) is 11.5 Å². The number of nitrogens with one attached hydrogen (secondary N) is 2. The van der Waals surface area contributed by atoms with E-state index in [2.05, 4.69) is 10.6 Å². The summed E-state index contributed by atoms with van der Waals surface area (Å²) in [5.74, 6) is -0.811. The molecule has 0 aromatic heterocycles. The van der Waals surface area contributed by atoms with Crippen molar-refractivity contribution in [2.45, 2.75) is 32.9 Å². The van der Waals surface area contributed by atoms with E-state index in [0.29, 0.717) is 5.75 Å². The van der Waals surface area contributed by atoms with Crippen molar-refractivity contribution in [3.63, 3.8) is 0 Å². The minimum absolute atomic E-state index is 0. The summed E-state index contributed by atoms with van der Waals surface area (Å²) in [6, 6.07) is 1.35. The number of methoxy groups -OCH3 is 2. The molecule has 26 heavy (non-hydrogen) atoms. The summed E-state index contributed by atoms with van der Waals surface area (Å²) < 4.78 is 24.4. The van der Waals surface area contributed by atoms with Gasteiger partial charge in [0.15, 0.2) is 11.5 Å². The Morgan fingerprint density at radius 1 is 1.15 bits per heavy atom. The van der Waals surface area contributed by atoms with Gasteiger partial charge < -0.3 is 25.8 Å². The van der Waals surface area contributed by atoms with Crippen LogP contribution in [0.1, 0.15) is 32.4 Å². The first-order chi connectivity index (χ1) is 11.7. The zero-order valence-electron chi connectivity index (χ0n) is 15.6. The highest BCUT2D eigenvalue weighted by Crippen LogP contribution is 2.32. The van der Waals surface area contributed by atoms with Gasteiger partial charge in [0, 0.05) is 11.6 Å². The fourth-order valence-electron chi connectivity index (χ4n) is 2.16. The molecule has 0 aliphatic heterocycles. The standard InChI is InChI=1S/C17H26FN3O4.ClH/c1-9(2)16(19)17(23)20-8-15(22)21-10(3)11-6-13(24-4)14(25-5)7-12(11)18;/h6-7,9-10,16H,8,19H2,1-5H3,(H,20,23)(H,21,22);1H/t10?,16-;/m0./s1. The second kappa shape index (κ2) is 10.8. The Hall–Kier alpha value is -2.06. The van der Waals surface area contributed by atoms with Gasteiger partial charge in [0.2, 0.25) is 11.8 Å². The SMILES string of the molecule is COc1cc(F)c(C(C)NC(=O)CNC(=O)[C@@H](N)C(C)C)cc1OC.Cl. The highest BCUT2D eigenvalue weighted by Gasteiger charge is 2.20. The largest absolute Gasteiger partial charge is 0.493 e. The molecule has 2 amide bonds. The number of amides is 2. The molecule has 0 saturated carbocycles. The highest BCUT2D eigenvalue weighted by molar-refractivity contribution is 5.87. The van der Waals surface area contributed by atoms with Gasteiger partial charge in [0.25, 0.3) is 0 Å². The third-order valence-corrected chi connectivity index (χ3v) is 3.79. The van der Waals surface area contributed by atoms with Crippen LogP contribution >= 0.6 is 12.4 Å². The Kier molecular flexibility index (Phi) is 9.97. The third-order valence-electron chi connectivity index (χ3n) is 3.79. The van der Waals surface area contributed by atoms with Crippen LogP contribution in [0.3, 0.4) is 0 Å². The monoisotopic (exact) mass is 391 g/mol. The molecule has 0 fully saturated rings. The molecule has 0 radical (unpaired) electrons. The fourth-order valence-corrected chi connectivity index (χ4v) is 2.16. The molecule has 0 aliphatic carbocycles. The Labute approximate surface area is 159 Å². The van der Waals surface area contributed by atoms with Gasteiger partial charge in [-0.05, 0) is 18.9 Å².